The molecule has 7 heteroatoms. The van der Waals surface area contributed by atoms with E-state index in [-0.39, 0.29) is 18.3 Å². The number of hydrogen-bond acceptors (Lipinski definition) is 3. The lowest BCUT2D eigenvalue weighted by atomic mass is 10.3. The van der Waals surface area contributed by atoms with Gasteiger partial charge in [0.1, 0.15) is 12.4 Å². The molecule has 0 saturated heterocycles. The molecule has 5 nitrogen and oxygen atoms in total. The predicted octanol–water partition coefficient (Wildman–Crippen LogP) is 1.82. The van der Waals surface area contributed by atoms with Crippen molar-refractivity contribution < 1.29 is 9.18 Å². The van der Waals surface area contributed by atoms with Gasteiger partial charge in [-0.3, -0.25) is 4.79 Å². The average molecular weight is 299 g/mol. The van der Waals surface area contributed by atoms with Gasteiger partial charge in [-0.05, 0) is 34.1 Å². The summed E-state index contributed by atoms with van der Waals surface area (Å²) < 4.78 is 14.7. The van der Waals surface area contributed by atoms with E-state index in [9.17, 15) is 9.18 Å². The van der Waals surface area contributed by atoms with Crippen LogP contribution in [0.2, 0.25) is 0 Å². The summed E-state index contributed by atoms with van der Waals surface area (Å²) in [6, 6.07) is 4.25. The van der Waals surface area contributed by atoms with Crippen molar-refractivity contribution in [1.82, 2.24) is 15.0 Å². The zero-order valence-electron chi connectivity index (χ0n) is 8.60. The van der Waals surface area contributed by atoms with Crippen LogP contribution < -0.4 is 5.32 Å². The van der Waals surface area contributed by atoms with Crippen molar-refractivity contribution in [3.05, 3.63) is 40.9 Å². The normalized spacial score (nSPS) is 10.2. The van der Waals surface area contributed by atoms with E-state index in [4.69, 9.17) is 0 Å². The first-order valence-corrected chi connectivity index (χ1v) is 5.53. The van der Waals surface area contributed by atoms with Gasteiger partial charge in [0.15, 0.2) is 0 Å². The lowest BCUT2D eigenvalue weighted by Gasteiger charge is -2.05. The van der Waals surface area contributed by atoms with Gasteiger partial charge in [-0.1, -0.05) is 5.21 Å². The molecule has 17 heavy (non-hydrogen) atoms. The standard InChI is InChI=1S/C10H8BrFN4O/c11-8-5-7(1-2-9(8)12)14-10(17)6-16-4-3-13-15-16/h1-5H,6H2,(H,14,17). The van der Waals surface area contributed by atoms with Gasteiger partial charge < -0.3 is 5.32 Å². The largest absolute Gasteiger partial charge is 0.324 e. The molecule has 1 heterocycles. The van der Waals surface area contributed by atoms with E-state index in [1.165, 1.54) is 29.1 Å². The summed E-state index contributed by atoms with van der Waals surface area (Å²) in [6.07, 6.45) is 3.07. The molecular formula is C10H8BrFN4O. The van der Waals surface area contributed by atoms with Crippen LogP contribution >= 0.6 is 15.9 Å². The Hall–Kier alpha value is -1.76. The summed E-state index contributed by atoms with van der Waals surface area (Å²) in [4.78, 5) is 11.6. The van der Waals surface area contributed by atoms with Crippen LogP contribution in [-0.2, 0) is 11.3 Å². The Morgan fingerprint density at radius 1 is 1.53 bits per heavy atom. The topological polar surface area (TPSA) is 59.8 Å². The van der Waals surface area contributed by atoms with Crippen LogP contribution in [-0.4, -0.2) is 20.9 Å². The number of nitrogens with zero attached hydrogens (tertiary/aromatic N) is 3. The molecule has 1 aromatic carbocycles. The minimum atomic E-state index is -0.376. The molecule has 0 aliphatic rings. The van der Waals surface area contributed by atoms with E-state index in [1.54, 1.807) is 6.20 Å². The molecule has 0 fully saturated rings. The van der Waals surface area contributed by atoms with Crippen molar-refractivity contribution in [2.45, 2.75) is 6.54 Å². The van der Waals surface area contributed by atoms with Crippen LogP contribution in [0, 0.1) is 5.82 Å². The van der Waals surface area contributed by atoms with Crippen LogP contribution in [0.1, 0.15) is 0 Å². The minimum Gasteiger partial charge on any atom is -0.324 e. The monoisotopic (exact) mass is 298 g/mol. The quantitative estimate of drug-likeness (QED) is 0.940. The summed E-state index contributed by atoms with van der Waals surface area (Å²) in [5, 5.41) is 9.87. The van der Waals surface area contributed by atoms with Gasteiger partial charge in [0.2, 0.25) is 5.91 Å². The third kappa shape index (κ3) is 3.10. The highest BCUT2D eigenvalue weighted by Crippen LogP contribution is 2.19. The number of amides is 1. The number of benzene rings is 1. The number of hydrogen-bond donors (Lipinski definition) is 1. The summed E-state index contributed by atoms with van der Waals surface area (Å²) in [5.41, 5.74) is 0.517. The van der Waals surface area contributed by atoms with E-state index in [1.807, 2.05) is 0 Å². The number of nitrogens with one attached hydrogen (secondary N) is 1. The van der Waals surface area contributed by atoms with Gasteiger partial charge in [-0.15, -0.1) is 5.10 Å². The number of anilines is 1. The van der Waals surface area contributed by atoms with Gasteiger partial charge in [-0.2, -0.15) is 0 Å². The molecule has 0 radical (unpaired) electrons. The van der Waals surface area contributed by atoms with E-state index in [2.05, 4.69) is 31.6 Å². The summed E-state index contributed by atoms with van der Waals surface area (Å²) in [6.45, 7) is 0.0645. The molecule has 0 bridgehead atoms. The third-order valence-electron chi connectivity index (χ3n) is 1.98. The van der Waals surface area contributed by atoms with Crippen molar-refractivity contribution >= 4 is 27.5 Å². The Bertz CT molecular complexity index is 529. The summed E-state index contributed by atoms with van der Waals surface area (Å²) in [5.74, 6) is -0.631. The number of rotatable bonds is 3. The Balaban J connectivity index is 2.00. The Labute approximate surface area is 105 Å². The Kier molecular flexibility index (Phi) is 3.48. The molecule has 0 aliphatic carbocycles. The van der Waals surface area contributed by atoms with E-state index in [0.29, 0.717) is 10.2 Å². The second kappa shape index (κ2) is 5.05. The molecule has 88 valence electrons. The van der Waals surface area contributed by atoms with Gasteiger partial charge in [0.25, 0.3) is 0 Å². The molecule has 0 unspecified atom stereocenters. The molecule has 0 spiro atoms. The van der Waals surface area contributed by atoms with Crippen LogP contribution in [0.3, 0.4) is 0 Å². The Morgan fingerprint density at radius 3 is 3.00 bits per heavy atom. The molecule has 0 atom stereocenters. The second-order valence-electron chi connectivity index (χ2n) is 3.28. The first kappa shape index (κ1) is 11.7. The number of halogens is 2. The summed E-state index contributed by atoms with van der Waals surface area (Å²) in [7, 11) is 0. The van der Waals surface area contributed by atoms with E-state index < -0.39 is 0 Å². The fourth-order valence-electron chi connectivity index (χ4n) is 1.24. The highest BCUT2D eigenvalue weighted by atomic mass is 79.9. The molecular weight excluding hydrogens is 291 g/mol. The fraction of sp³-hybridized carbons (Fsp3) is 0.100. The summed E-state index contributed by atoms with van der Waals surface area (Å²) >= 11 is 3.04. The average Bonchev–Trinajstić information content (AvgIpc) is 2.76. The number of carbonyl (C=O) groups is 1. The molecule has 2 rings (SSSR count). The van der Waals surface area contributed by atoms with Crippen molar-refractivity contribution in [2.75, 3.05) is 5.32 Å². The lowest BCUT2D eigenvalue weighted by molar-refractivity contribution is -0.116. The zero-order valence-corrected chi connectivity index (χ0v) is 10.2. The smallest absolute Gasteiger partial charge is 0.246 e. The van der Waals surface area contributed by atoms with Gasteiger partial charge >= 0.3 is 0 Å². The molecule has 0 saturated carbocycles. The molecule has 2 aromatic rings. The first-order chi connectivity index (χ1) is 8.15. The zero-order chi connectivity index (χ0) is 12.3. The maximum absolute atomic E-state index is 13.0. The number of carbonyl (C=O) groups excluding carboxylic acids is 1. The molecule has 1 N–H and O–H groups in total. The second-order valence-corrected chi connectivity index (χ2v) is 4.13. The van der Waals surface area contributed by atoms with Crippen molar-refractivity contribution in [3.8, 4) is 0 Å². The van der Waals surface area contributed by atoms with Crippen molar-refractivity contribution in [3.63, 3.8) is 0 Å². The SMILES string of the molecule is O=C(Cn1ccnn1)Nc1ccc(F)c(Br)c1. The molecule has 1 amide bonds. The van der Waals surface area contributed by atoms with Crippen LogP contribution in [0.15, 0.2) is 35.1 Å². The van der Waals surface area contributed by atoms with E-state index in [0.717, 1.165) is 0 Å². The van der Waals surface area contributed by atoms with Crippen LogP contribution in [0.25, 0.3) is 0 Å². The first-order valence-electron chi connectivity index (χ1n) is 4.74. The number of aromatic nitrogens is 3. The maximum Gasteiger partial charge on any atom is 0.246 e. The highest BCUT2D eigenvalue weighted by molar-refractivity contribution is 9.10. The van der Waals surface area contributed by atoms with E-state index >= 15 is 0 Å². The van der Waals surface area contributed by atoms with Crippen molar-refractivity contribution in [1.29, 1.82) is 0 Å². The van der Waals surface area contributed by atoms with Gasteiger partial charge in [-0.25, -0.2) is 9.07 Å². The molecule has 1 aromatic heterocycles. The fourth-order valence-corrected chi connectivity index (χ4v) is 1.62. The highest BCUT2D eigenvalue weighted by Gasteiger charge is 2.06. The third-order valence-corrected chi connectivity index (χ3v) is 2.59. The maximum atomic E-state index is 13.0. The van der Waals surface area contributed by atoms with Gasteiger partial charge in [0.05, 0.1) is 10.7 Å². The van der Waals surface area contributed by atoms with Crippen LogP contribution in [0.5, 0.6) is 0 Å². The molecule has 0 aliphatic heterocycles. The van der Waals surface area contributed by atoms with Crippen molar-refractivity contribution in [2.24, 2.45) is 0 Å². The minimum absolute atomic E-state index is 0.0645. The lowest BCUT2D eigenvalue weighted by Crippen LogP contribution is -2.19. The predicted molar refractivity (Wildman–Crippen MR) is 62.8 cm³/mol. The Morgan fingerprint density at radius 2 is 2.35 bits per heavy atom. The van der Waals surface area contributed by atoms with Crippen LogP contribution in [0.4, 0.5) is 10.1 Å². The van der Waals surface area contributed by atoms with Gasteiger partial charge in [0, 0.05) is 11.9 Å².